The van der Waals surface area contributed by atoms with Crippen LogP contribution in [0.4, 0.5) is 13.2 Å². The van der Waals surface area contributed by atoms with Crippen molar-refractivity contribution in [3.8, 4) is 5.69 Å². The average Bonchev–Trinajstić information content (AvgIpc) is 2.73. The molecule has 0 bridgehead atoms. The molecule has 9 heteroatoms. The summed E-state index contributed by atoms with van der Waals surface area (Å²) in [5, 5.41) is 12.1. The number of benzene rings is 1. The molecule has 2 aromatic rings. The lowest BCUT2D eigenvalue weighted by molar-refractivity contribution is -0.143. The van der Waals surface area contributed by atoms with E-state index >= 15 is 0 Å². The summed E-state index contributed by atoms with van der Waals surface area (Å²) < 4.78 is 39.5. The standard InChI is InChI=1S/C11H5Cl2F3N2O2/c12-6-2-1-3-7(13)8(6)18-9(11(14,15)16)5(4-17-18)10(19)20/h1-4H,(H,19,20). The normalized spacial score (nSPS) is 11.7. The molecule has 0 amide bonds. The Bertz CT molecular complexity index is 663. The van der Waals surface area contributed by atoms with E-state index in [9.17, 15) is 18.0 Å². The predicted molar refractivity (Wildman–Crippen MR) is 65.5 cm³/mol. The molecule has 2 rings (SSSR count). The Morgan fingerprint density at radius 2 is 1.80 bits per heavy atom. The van der Waals surface area contributed by atoms with Crippen molar-refractivity contribution in [1.29, 1.82) is 0 Å². The minimum Gasteiger partial charge on any atom is -0.478 e. The number of nitrogens with zero attached hydrogens (tertiary/aromatic N) is 2. The average molecular weight is 325 g/mol. The first-order valence-electron chi connectivity index (χ1n) is 5.06. The first-order chi connectivity index (χ1) is 9.23. The van der Waals surface area contributed by atoms with Crippen LogP contribution in [-0.2, 0) is 6.18 Å². The molecule has 0 saturated heterocycles. The van der Waals surface area contributed by atoms with Crippen molar-refractivity contribution in [3.63, 3.8) is 0 Å². The van der Waals surface area contributed by atoms with Gasteiger partial charge in [-0.25, -0.2) is 9.48 Å². The van der Waals surface area contributed by atoms with Crippen LogP contribution >= 0.6 is 23.2 Å². The fraction of sp³-hybridized carbons (Fsp3) is 0.0909. The molecule has 0 unspecified atom stereocenters. The molecule has 1 N–H and O–H groups in total. The molecule has 0 aliphatic carbocycles. The van der Waals surface area contributed by atoms with Crippen LogP contribution in [0.15, 0.2) is 24.4 Å². The van der Waals surface area contributed by atoms with Crippen molar-refractivity contribution >= 4 is 29.2 Å². The molecule has 20 heavy (non-hydrogen) atoms. The third-order valence-corrected chi connectivity index (χ3v) is 3.03. The number of hydrogen-bond acceptors (Lipinski definition) is 2. The highest BCUT2D eigenvalue weighted by Crippen LogP contribution is 2.37. The number of carboxylic acid groups (broad SMARTS) is 1. The Kier molecular flexibility index (Phi) is 3.66. The molecular weight excluding hydrogens is 320 g/mol. The first-order valence-corrected chi connectivity index (χ1v) is 5.82. The van der Waals surface area contributed by atoms with Gasteiger partial charge in [-0.2, -0.15) is 18.3 Å². The maximum Gasteiger partial charge on any atom is 0.434 e. The molecule has 1 aromatic carbocycles. The van der Waals surface area contributed by atoms with E-state index < -0.39 is 23.4 Å². The number of para-hydroxylation sites is 1. The third kappa shape index (κ3) is 2.46. The highest BCUT2D eigenvalue weighted by atomic mass is 35.5. The maximum absolute atomic E-state index is 13.0. The van der Waals surface area contributed by atoms with Crippen LogP contribution in [0.2, 0.25) is 10.0 Å². The molecule has 1 heterocycles. The van der Waals surface area contributed by atoms with Crippen LogP contribution in [0.5, 0.6) is 0 Å². The zero-order chi connectivity index (χ0) is 15.1. The lowest BCUT2D eigenvalue weighted by Crippen LogP contribution is -2.17. The lowest BCUT2D eigenvalue weighted by Gasteiger charge is -2.13. The van der Waals surface area contributed by atoms with E-state index in [4.69, 9.17) is 28.3 Å². The van der Waals surface area contributed by atoms with Gasteiger partial charge in [-0.05, 0) is 12.1 Å². The number of halogens is 5. The van der Waals surface area contributed by atoms with Gasteiger partial charge in [-0.3, -0.25) is 0 Å². The first kappa shape index (κ1) is 14.7. The zero-order valence-electron chi connectivity index (χ0n) is 9.45. The van der Waals surface area contributed by atoms with Crippen molar-refractivity contribution in [2.24, 2.45) is 0 Å². The summed E-state index contributed by atoms with van der Waals surface area (Å²) in [6.45, 7) is 0. The van der Waals surface area contributed by atoms with Crippen LogP contribution in [0.25, 0.3) is 5.69 Å². The number of aromatic carboxylic acids is 1. The maximum atomic E-state index is 13.0. The van der Waals surface area contributed by atoms with Gasteiger partial charge in [0.1, 0.15) is 11.3 Å². The molecule has 0 atom stereocenters. The van der Waals surface area contributed by atoms with Gasteiger partial charge >= 0.3 is 12.1 Å². The topological polar surface area (TPSA) is 55.1 Å². The summed E-state index contributed by atoms with van der Waals surface area (Å²) >= 11 is 11.6. The smallest absolute Gasteiger partial charge is 0.434 e. The van der Waals surface area contributed by atoms with Crippen LogP contribution in [0.1, 0.15) is 16.1 Å². The van der Waals surface area contributed by atoms with Gasteiger partial charge in [-0.1, -0.05) is 29.3 Å². The van der Waals surface area contributed by atoms with Gasteiger partial charge in [-0.15, -0.1) is 0 Å². The van der Waals surface area contributed by atoms with Crippen LogP contribution < -0.4 is 0 Å². The van der Waals surface area contributed by atoms with Crippen LogP contribution in [0, 0.1) is 0 Å². The van der Waals surface area contributed by atoms with Crippen LogP contribution in [-0.4, -0.2) is 20.9 Å². The SMILES string of the molecule is O=C(O)c1cnn(-c2c(Cl)cccc2Cl)c1C(F)(F)F. The number of rotatable bonds is 2. The van der Waals surface area contributed by atoms with Gasteiger partial charge in [0.25, 0.3) is 0 Å². The second kappa shape index (κ2) is 4.99. The number of carboxylic acids is 1. The van der Waals surface area contributed by atoms with Gasteiger partial charge in [0.15, 0.2) is 5.69 Å². The summed E-state index contributed by atoms with van der Waals surface area (Å²) in [5.41, 5.74) is -2.65. The minimum atomic E-state index is -4.92. The number of aromatic nitrogens is 2. The van der Waals surface area contributed by atoms with Crippen molar-refractivity contribution in [2.75, 3.05) is 0 Å². The van der Waals surface area contributed by atoms with E-state index in [1.807, 2.05) is 0 Å². The van der Waals surface area contributed by atoms with Gasteiger partial charge in [0, 0.05) is 0 Å². The second-order valence-corrected chi connectivity index (χ2v) is 4.51. The fourth-order valence-electron chi connectivity index (χ4n) is 1.64. The zero-order valence-corrected chi connectivity index (χ0v) is 11.0. The molecule has 0 aliphatic heterocycles. The summed E-state index contributed by atoms with van der Waals surface area (Å²) in [6.07, 6.45) is -4.32. The van der Waals surface area contributed by atoms with Crippen LogP contribution in [0.3, 0.4) is 0 Å². The third-order valence-electron chi connectivity index (χ3n) is 2.42. The predicted octanol–water partition coefficient (Wildman–Crippen LogP) is 3.90. The monoisotopic (exact) mass is 324 g/mol. The van der Waals surface area contributed by atoms with E-state index in [0.29, 0.717) is 10.9 Å². The van der Waals surface area contributed by atoms with Crippen molar-refractivity contribution in [3.05, 3.63) is 45.7 Å². The summed E-state index contributed by atoms with van der Waals surface area (Å²) in [4.78, 5) is 10.9. The van der Waals surface area contributed by atoms with Gasteiger partial charge in [0.2, 0.25) is 0 Å². The minimum absolute atomic E-state index is 0.0805. The van der Waals surface area contributed by atoms with Crippen molar-refractivity contribution in [2.45, 2.75) is 6.18 Å². The molecule has 0 spiro atoms. The van der Waals surface area contributed by atoms with E-state index in [0.717, 1.165) is 0 Å². The molecule has 0 saturated carbocycles. The number of alkyl halides is 3. The van der Waals surface area contributed by atoms with E-state index in [-0.39, 0.29) is 15.7 Å². The Balaban J connectivity index is 2.80. The van der Waals surface area contributed by atoms with E-state index in [1.54, 1.807) is 0 Å². The molecule has 106 valence electrons. The number of carbonyl (C=O) groups is 1. The second-order valence-electron chi connectivity index (χ2n) is 3.69. The molecule has 0 radical (unpaired) electrons. The molecule has 0 fully saturated rings. The van der Waals surface area contributed by atoms with Gasteiger partial charge < -0.3 is 5.11 Å². The van der Waals surface area contributed by atoms with Crippen molar-refractivity contribution in [1.82, 2.24) is 9.78 Å². The molecule has 1 aromatic heterocycles. The number of hydrogen-bond donors (Lipinski definition) is 1. The highest BCUT2D eigenvalue weighted by Gasteiger charge is 2.41. The Morgan fingerprint density at radius 1 is 1.25 bits per heavy atom. The van der Waals surface area contributed by atoms with E-state index in [2.05, 4.69) is 5.10 Å². The molecule has 4 nitrogen and oxygen atoms in total. The van der Waals surface area contributed by atoms with Crippen molar-refractivity contribution < 1.29 is 23.1 Å². The Labute approximate surface area is 120 Å². The summed E-state index contributed by atoms with van der Waals surface area (Å²) in [6, 6.07) is 4.10. The van der Waals surface area contributed by atoms with Gasteiger partial charge in [0.05, 0.1) is 16.2 Å². The molecule has 0 aliphatic rings. The summed E-state index contributed by atoms with van der Waals surface area (Å²) in [5.74, 6) is -1.74. The molecular formula is C11H5Cl2F3N2O2. The van der Waals surface area contributed by atoms with E-state index in [1.165, 1.54) is 18.2 Å². The lowest BCUT2D eigenvalue weighted by atomic mass is 10.2. The quantitative estimate of drug-likeness (QED) is 0.911. The largest absolute Gasteiger partial charge is 0.478 e. The highest BCUT2D eigenvalue weighted by molar-refractivity contribution is 6.37. The Hall–Kier alpha value is -1.73. The summed E-state index contributed by atoms with van der Waals surface area (Å²) in [7, 11) is 0. The fourth-order valence-corrected chi connectivity index (χ4v) is 2.20. The Morgan fingerprint density at radius 3 is 2.25 bits per heavy atom.